The summed E-state index contributed by atoms with van der Waals surface area (Å²) >= 11 is 0. The summed E-state index contributed by atoms with van der Waals surface area (Å²) in [5.41, 5.74) is 13.9. The summed E-state index contributed by atoms with van der Waals surface area (Å²) < 4.78 is 2.45. The van der Waals surface area contributed by atoms with Crippen molar-refractivity contribution in [2.75, 3.05) is 4.90 Å². The van der Waals surface area contributed by atoms with Gasteiger partial charge in [0.2, 0.25) is 0 Å². The molecule has 1 heterocycles. The van der Waals surface area contributed by atoms with Gasteiger partial charge in [-0.2, -0.15) is 0 Å². The summed E-state index contributed by atoms with van der Waals surface area (Å²) in [6.45, 7) is 0. The molecule has 0 aliphatic heterocycles. The van der Waals surface area contributed by atoms with Crippen LogP contribution in [0.15, 0.2) is 218 Å². The first kappa shape index (κ1) is 31.6. The molecule has 254 valence electrons. The van der Waals surface area contributed by atoms with Crippen LogP contribution in [0.5, 0.6) is 0 Å². The number of nitrogens with zero attached hydrogens (tertiary/aromatic N) is 2. The third kappa shape index (κ3) is 5.44. The molecule has 0 aliphatic rings. The van der Waals surface area contributed by atoms with Crippen LogP contribution < -0.4 is 4.90 Å². The highest BCUT2D eigenvalue weighted by molar-refractivity contribution is 6.17. The molecule has 0 saturated heterocycles. The van der Waals surface area contributed by atoms with Crippen LogP contribution in [0.1, 0.15) is 0 Å². The fourth-order valence-corrected chi connectivity index (χ4v) is 8.09. The zero-order valence-electron chi connectivity index (χ0n) is 29.7. The lowest BCUT2D eigenvalue weighted by Crippen LogP contribution is -2.12. The maximum atomic E-state index is 2.45. The van der Waals surface area contributed by atoms with Crippen LogP contribution in [0.4, 0.5) is 17.1 Å². The molecule has 2 nitrogen and oxygen atoms in total. The standard InChI is InChI=1S/C52H36N2/c1-4-18-38(19-5-1)44-25-12-14-27-47(44)54-48-28-15-13-26-45(48)52-50(29-16-30-51(52)54)53(43-23-8-3-9-24-43)49-34-33-42(36-46(49)39-20-6-2-7-21-39)41-32-31-37-17-10-11-22-40(37)35-41/h1-36H. The smallest absolute Gasteiger partial charge is 0.0562 e. The van der Waals surface area contributed by atoms with E-state index in [0.717, 1.165) is 28.3 Å². The number of hydrogen-bond acceptors (Lipinski definition) is 1. The number of benzene rings is 9. The zero-order chi connectivity index (χ0) is 35.8. The minimum Gasteiger partial charge on any atom is -0.309 e. The van der Waals surface area contributed by atoms with Gasteiger partial charge in [0.15, 0.2) is 0 Å². The van der Waals surface area contributed by atoms with Gasteiger partial charge in [0.25, 0.3) is 0 Å². The number of para-hydroxylation sites is 3. The first-order valence-corrected chi connectivity index (χ1v) is 18.5. The molecule has 0 saturated carbocycles. The Balaban J connectivity index is 1.24. The van der Waals surface area contributed by atoms with Crippen molar-refractivity contribution < 1.29 is 0 Å². The van der Waals surface area contributed by atoms with E-state index in [2.05, 4.69) is 228 Å². The number of anilines is 3. The van der Waals surface area contributed by atoms with Crippen LogP contribution in [0.3, 0.4) is 0 Å². The molecule has 0 aliphatic carbocycles. The summed E-state index contributed by atoms with van der Waals surface area (Å²) in [5.74, 6) is 0. The maximum Gasteiger partial charge on any atom is 0.0562 e. The number of hydrogen-bond donors (Lipinski definition) is 0. The minimum atomic E-state index is 1.10. The van der Waals surface area contributed by atoms with Gasteiger partial charge < -0.3 is 9.47 Å². The van der Waals surface area contributed by atoms with Crippen molar-refractivity contribution in [3.8, 4) is 39.1 Å². The van der Waals surface area contributed by atoms with Crippen LogP contribution in [-0.2, 0) is 0 Å². The van der Waals surface area contributed by atoms with Gasteiger partial charge in [-0.3, -0.25) is 0 Å². The van der Waals surface area contributed by atoms with Crippen molar-refractivity contribution in [3.05, 3.63) is 218 Å². The van der Waals surface area contributed by atoms with Gasteiger partial charge in [0.05, 0.1) is 28.1 Å². The second-order valence-electron chi connectivity index (χ2n) is 13.7. The molecule has 1 aromatic heterocycles. The Morgan fingerprint density at radius 1 is 0.333 bits per heavy atom. The average Bonchev–Trinajstić information content (AvgIpc) is 3.59. The van der Waals surface area contributed by atoms with Crippen molar-refractivity contribution in [1.29, 1.82) is 0 Å². The molecule has 2 heteroatoms. The quantitative estimate of drug-likeness (QED) is 0.162. The van der Waals surface area contributed by atoms with Crippen molar-refractivity contribution >= 4 is 49.6 Å². The fraction of sp³-hybridized carbons (Fsp3) is 0. The van der Waals surface area contributed by atoms with E-state index in [9.17, 15) is 0 Å². The van der Waals surface area contributed by atoms with Gasteiger partial charge >= 0.3 is 0 Å². The van der Waals surface area contributed by atoms with E-state index in [1.54, 1.807) is 0 Å². The molecule has 0 radical (unpaired) electrons. The summed E-state index contributed by atoms with van der Waals surface area (Å²) in [6.07, 6.45) is 0. The molecule has 10 aromatic rings. The maximum absolute atomic E-state index is 2.45. The van der Waals surface area contributed by atoms with Gasteiger partial charge in [-0.15, -0.1) is 0 Å². The lowest BCUT2D eigenvalue weighted by Gasteiger charge is -2.29. The normalized spacial score (nSPS) is 11.3. The second kappa shape index (κ2) is 13.4. The Bertz CT molecular complexity index is 2930. The fourth-order valence-electron chi connectivity index (χ4n) is 8.09. The minimum absolute atomic E-state index is 1.10. The Labute approximate surface area is 315 Å². The topological polar surface area (TPSA) is 8.17 Å². The molecular weight excluding hydrogens is 653 g/mol. The molecule has 9 aromatic carbocycles. The van der Waals surface area contributed by atoms with Crippen LogP contribution in [-0.4, -0.2) is 4.57 Å². The highest BCUT2D eigenvalue weighted by Crippen LogP contribution is 2.47. The molecule has 54 heavy (non-hydrogen) atoms. The number of rotatable bonds is 7. The summed E-state index contributed by atoms with van der Waals surface area (Å²) in [7, 11) is 0. The van der Waals surface area contributed by atoms with Gasteiger partial charge in [0, 0.05) is 27.6 Å². The van der Waals surface area contributed by atoms with E-state index >= 15 is 0 Å². The Hall–Kier alpha value is -7.16. The van der Waals surface area contributed by atoms with Crippen LogP contribution in [0, 0.1) is 0 Å². The largest absolute Gasteiger partial charge is 0.309 e. The Kier molecular flexibility index (Phi) is 7.85. The Morgan fingerprint density at radius 3 is 1.72 bits per heavy atom. The molecule has 0 amide bonds. The lowest BCUT2D eigenvalue weighted by atomic mass is 9.95. The number of aromatic nitrogens is 1. The van der Waals surface area contributed by atoms with Gasteiger partial charge in [-0.25, -0.2) is 0 Å². The van der Waals surface area contributed by atoms with E-state index in [1.807, 2.05) is 0 Å². The van der Waals surface area contributed by atoms with E-state index in [1.165, 1.54) is 60.4 Å². The van der Waals surface area contributed by atoms with E-state index in [4.69, 9.17) is 0 Å². The highest BCUT2D eigenvalue weighted by atomic mass is 15.2. The molecule has 0 atom stereocenters. The summed E-state index contributed by atoms with van der Waals surface area (Å²) in [5, 5.41) is 4.90. The molecule has 0 N–H and O–H groups in total. The number of fused-ring (bicyclic) bond motifs is 4. The molecule has 0 fully saturated rings. The third-order valence-corrected chi connectivity index (χ3v) is 10.6. The molecular formula is C52H36N2. The van der Waals surface area contributed by atoms with Crippen LogP contribution in [0.2, 0.25) is 0 Å². The first-order valence-electron chi connectivity index (χ1n) is 18.5. The predicted molar refractivity (Wildman–Crippen MR) is 229 cm³/mol. The molecule has 10 rings (SSSR count). The lowest BCUT2D eigenvalue weighted by molar-refractivity contribution is 1.18. The summed E-state index contributed by atoms with van der Waals surface area (Å²) in [4.78, 5) is 2.45. The van der Waals surface area contributed by atoms with Gasteiger partial charge in [-0.05, 0) is 87.6 Å². The van der Waals surface area contributed by atoms with Crippen molar-refractivity contribution in [2.24, 2.45) is 0 Å². The van der Waals surface area contributed by atoms with Crippen molar-refractivity contribution in [3.63, 3.8) is 0 Å². The van der Waals surface area contributed by atoms with Crippen molar-refractivity contribution in [2.45, 2.75) is 0 Å². The first-order chi connectivity index (χ1) is 26.8. The van der Waals surface area contributed by atoms with E-state index in [-0.39, 0.29) is 0 Å². The van der Waals surface area contributed by atoms with Gasteiger partial charge in [-0.1, -0.05) is 164 Å². The molecule has 0 unspecified atom stereocenters. The predicted octanol–water partition coefficient (Wildman–Crippen LogP) is 14.4. The molecule has 0 spiro atoms. The van der Waals surface area contributed by atoms with Crippen LogP contribution in [0.25, 0.3) is 71.6 Å². The average molecular weight is 689 g/mol. The Morgan fingerprint density at radius 2 is 0.926 bits per heavy atom. The monoisotopic (exact) mass is 688 g/mol. The van der Waals surface area contributed by atoms with Crippen molar-refractivity contribution in [1.82, 2.24) is 4.57 Å². The summed E-state index contributed by atoms with van der Waals surface area (Å²) in [6, 6.07) is 78.9. The van der Waals surface area contributed by atoms with Gasteiger partial charge in [0.1, 0.15) is 0 Å². The molecule has 0 bridgehead atoms. The van der Waals surface area contributed by atoms with E-state index < -0.39 is 0 Å². The second-order valence-corrected chi connectivity index (χ2v) is 13.7. The zero-order valence-corrected chi connectivity index (χ0v) is 29.7. The highest BCUT2D eigenvalue weighted by Gasteiger charge is 2.24. The van der Waals surface area contributed by atoms with E-state index in [0.29, 0.717) is 0 Å². The van der Waals surface area contributed by atoms with Crippen LogP contribution >= 0.6 is 0 Å². The SMILES string of the molecule is c1ccc(-c2cc(-c3ccc4ccccc4c3)ccc2N(c2ccccc2)c2cccc3c2c2ccccc2n3-c2ccccc2-c2ccccc2)cc1. The third-order valence-electron chi connectivity index (χ3n) is 10.6.